The summed E-state index contributed by atoms with van der Waals surface area (Å²) in [4.78, 5) is 27.9. The number of hydrogen-bond donors (Lipinski definition) is 1. The minimum absolute atomic E-state index is 0.141. The maximum Gasteiger partial charge on any atom is 0.341 e. The van der Waals surface area contributed by atoms with Crippen molar-refractivity contribution in [3.63, 3.8) is 0 Å². The van der Waals surface area contributed by atoms with Gasteiger partial charge < -0.3 is 14.8 Å². The maximum absolute atomic E-state index is 12.6. The Morgan fingerprint density at radius 2 is 2.22 bits per heavy atom. The SMILES string of the molecule is CCOC(=O)c1ccsc1NC(=O)CN(Cc1cccs1)CC1CCCO1. The molecule has 1 aliphatic heterocycles. The number of anilines is 1. The Labute approximate surface area is 167 Å². The summed E-state index contributed by atoms with van der Waals surface area (Å²) in [5.74, 6) is -0.554. The van der Waals surface area contributed by atoms with E-state index < -0.39 is 5.97 Å². The predicted octanol–water partition coefficient (Wildman–Crippen LogP) is 3.61. The van der Waals surface area contributed by atoms with Gasteiger partial charge in [-0.25, -0.2) is 4.79 Å². The van der Waals surface area contributed by atoms with Crippen LogP contribution in [0.4, 0.5) is 5.00 Å². The molecule has 0 radical (unpaired) electrons. The fourth-order valence-corrected chi connectivity index (χ4v) is 4.57. The minimum atomic E-state index is -0.413. The summed E-state index contributed by atoms with van der Waals surface area (Å²) in [6.45, 7) is 4.54. The summed E-state index contributed by atoms with van der Waals surface area (Å²) in [6.07, 6.45) is 2.28. The second-order valence-corrected chi connectivity index (χ2v) is 8.26. The normalized spacial score (nSPS) is 16.6. The molecule has 1 fully saturated rings. The van der Waals surface area contributed by atoms with Gasteiger partial charge in [0, 0.05) is 24.6 Å². The van der Waals surface area contributed by atoms with Gasteiger partial charge in [-0.05, 0) is 42.7 Å². The van der Waals surface area contributed by atoms with E-state index in [4.69, 9.17) is 9.47 Å². The van der Waals surface area contributed by atoms with Gasteiger partial charge in [-0.15, -0.1) is 22.7 Å². The van der Waals surface area contributed by atoms with Crippen molar-refractivity contribution in [2.75, 3.05) is 31.6 Å². The lowest BCUT2D eigenvalue weighted by Crippen LogP contribution is -2.37. The molecule has 1 aliphatic rings. The molecular weight excluding hydrogens is 384 g/mol. The number of ether oxygens (including phenoxy) is 2. The summed E-state index contributed by atoms with van der Waals surface area (Å²) in [7, 11) is 0. The Hall–Kier alpha value is -1.74. The molecule has 1 saturated heterocycles. The van der Waals surface area contributed by atoms with Gasteiger partial charge in [-0.3, -0.25) is 9.69 Å². The first-order chi connectivity index (χ1) is 13.2. The van der Waals surface area contributed by atoms with Crippen LogP contribution in [0.5, 0.6) is 0 Å². The summed E-state index contributed by atoms with van der Waals surface area (Å²) in [5, 5.41) is 7.21. The highest BCUT2D eigenvalue weighted by Crippen LogP contribution is 2.24. The van der Waals surface area contributed by atoms with Gasteiger partial charge >= 0.3 is 5.97 Å². The number of carbonyl (C=O) groups is 2. The Kier molecular flexibility index (Phi) is 7.40. The van der Waals surface area contributed by atoms with Gasteiger partial charge in [0.25, 0.3) is 0 Å². The number of carbonyl (C=O) groups excluding carboxylic acids is 2. The molecule has 1 atom stereocenters. The summed E-state index contributed by atoms with van der Waals surface area (Å²) in [6, 6.07) is 5.76. The van der Waals surface area contributed by atoms with Crippen LogP contribution in [0.2, 0.25) is 0 Å². The van der Waals surface area contributed by atoms with Crippen LogP contribution in [0.15, 0.2) is 29.0 Å². The van der Waals surface area contributed by atoms with Crippen molar-refractivity contribution in [3.05, 3.63) is 39.4 Å². The zero-order valence-corrected chi connectivity index (χ0v) is 16.9. The fraction of sp³-hybridized carbons (Fsp3) is 0.474. The largest absolute Gasteiger partial charge is 0.462 e. The summed E-state index contributed by atoms with van der Waals surface area (Å²) in [5.41, 5.74) is 0.402. The highest BCUT2D eigenvalue weighted by molar-refractivity contribution is 7.14. The molecule has 2 aromatic heterocycles. The van der Waals surface area contributed by atoms with Gasteiger partial charge in [0.05, 0.1) is 24.8 Å². The molecule has 0 bridgehead atoms. The third-order valence-corrected chi connectivity index (χ3v) is 5.92. The molecular formula is C19H24N2O4S2. The second-order valence-electron chi connectivity index (χ2n) is 6.32. The maximum atomic E-state index is 12.6. The topological polar surface area (TPSA) is 67.9 Å². The number of rotatable bonds is 9. The van der Waals surface area contributed by atoms with Crippen molar-refractivity contribution >= 4 is 39.6 Å². The van der Waals surface area contributed by atoms with Crippen molar-refractivity contribution in [2.45, 2.75) is 32.4 Å². The lowest BCUT2D eigenvalue weighted by Gasteiger charge is -2.24. The van der Waals surface area contributed by atoms with Gasteiger partial charge in [0.2, 0.25) is 5.91 Å². The molecule has 1 amide bonds. The van der Waals surface area contributed by atoms with Crippen molar-refractivity contribution in [1.29, 1.82) is 0 Å². The second kappa shape index (κ2) is 9.98. The molecule has 146 valence electrons. The minimum Gasteiger partial charge on any atom is -0.462 e. The number of hydrogen-bond acceptors (Lipinski definition) is 7. The van der Waals surface area contributed by atoms with Crippen molar-refractivity contribution in [2.24, 2.45) is 0 Å². The Balaban J connectivity index is 1.61. The fourth-order valence-electron chi connectivity index (χ4n) is 3.03. The third-order valence-electron chi connectivity index (χ3n) is 4.23. The van der Waals surface area contributed by atoms with E-state index in [9.17, 15) is 9.59 Å². The summed E-state index contributed by atoms with van der Waals surface area (Å²) < 4.78 is 10.8. The van der Waals surface area contributed by atoms with Crippen LogP contribution >= 0.6 is 22.7 Å². The van der Waals surface area contributed by atoms with Crippen LogP contribution in [0.1, 0.15) is 35.0 Å². The zero-order valence-electron chi connectivity index (χ0n) is 15.3. The Bertz CT molecular complexity index is 739. The van der Waals surface area contributed by atoms with E-state index in [1.165, 1.54) is 16.2 Å². The van der Waals surface area contributed by atoms with Crippen molar-refractivity contribution in [3.8, 4) is 0 Å². The molecule has 0 saturated carbocycles. The highest BCUT2D eigenvalue weighted by Gasteiger charge is 2.22. The molecule has 0 spiro atoms. The van der Waals surface area contributed by atoms with Crippen molar-refractivity contribution < 1.29 is 19.1 Å². The number of nitrogens with one attached hydrogen (secondary N) is 1. The molecule has 8 heteroatoms. The standard InChI is InChI=1S/C19H24N2O4S2/c1-2-24-19(23)16-7-10-27-18(16)20-17(22)13-21(11-14-5-3-8-25-14)12-15-6-4-9-26-15/h4,6-7,9-10,14H,2-3,5,8,11-13H2,1H3,(H,20,22). The number of nitrogens with zero attached hydrogens (tertiary/aromatic N) is 1. The van der Waals surface area contributed by atoms with Crippen LogP contribution in [-0.4, -0.2) is 49.2 Å². The number of thiophene rings is 2. The first-order valence-corrected chi connectivity index (χ1v) is 10.8. The van der Waals surface area contributed by atoms with Crippen LogP contribution in [0, 0.1) is 0 Å². The lowest BCUT2D eigenvalue weighted by molar-refractivity contribution is -0.117. The van der Waals surface area contributed by atoms with Crippen molar-refractivity contribution in [1.82, 2.24) is 4.90 Å². The first-order valence-electron chi connectivity index (χ1n) is 9.06. The summed E-state index contributed by atoms with van der Waals surface area (Å²) >= 11 is 3.00. The van der Waals surface area contributed by atoms with Crippen LogP contribution in [-0.2, 0) is 20.8 Å². The smallest absolute Gasteiger partial charge is 0.341 e. The van der Waals surface area contributed by atoms with Crippen LogP contribution < -0.4 is 5.32 Å². The molecule has 2 aromatic rings. The highest BCUT2D eigenvalue weighted by atomic mass is 32.1. The molecule has 1 unspecified atom stereocenters. The van der Waals surface area contributed by atoms with Gasteiger partial charge in [-0.2, -0.15) is 0 Å². The van der Waals surface area contributed by atoms with E-state index in [0.29, 0.717) is 23.7 Å². The predicted molar refractivity (Wildman–Crippen MR) is 107 cm³/mol. The molecule has 6 nitrogen and oxygen atoms in total. The van der Waals surface area contributed by atoms with E-state index in [1.807, 2.05) is 11.4 Å². The molecule has 0 aromatic carbocycles. The molecule has 3 rings (SSSR count). The third kappa shape index (κ3) is 5.87. The average Bonchev–Trinajstić information content (AvgIpc) is 3.37. The first kappa shape index (κ1) is 20.0. The van der Waals surface area contributed by atoms with Gasteiger partial charge in [0.15, 0.2) is 0 Å². The molecule has 27 heavy (non-hydrogen) atoms. The van der Waals surface area contributed by atoms with E-state index in [-0.39, 0.29) is 18.6 Å². The van der Waals surface area contributed by atoms with E-state index >= 15 is 0 Å². The van der Waals surface area contributed by atoms with Gasteiger partial charge in [-0.1, -0.05) is 6.07 Å². The Morgan fingerprint density at radius 1 is 1.33 bits per heavy atom. The van der Waals surface area contributed by atoms with E-state index in [1.54, 1.807) is 29.7 Å². The Morgan fingerprint density at radius 3 is 2.93 bits per heavy atom. The monoisotopic (exact) mass is 408 g/mol. The van der Waals surface area contributed by atoms with E-state index in [2.05, 4.69) is 16.3 Å². The van der Waals surface area contributed by atoms with Gasteiger partial charge in [0.1, 0.15) is 5.00 Å². The molecule has 0 aliphatic carbocycles. The number of esters is 1. The molecule has 3 heterocycles. The lowest BCUT2D eigenvalue weighted by atomic mass is 10.2. The average molecular weight is 409 g/mol. The molecule has 1 N–H and O–H groups in total. The van der Waals surface area contributed by atoms with Crippen LogP contribution in [0.25, 0.3) is 0 Å². The van der Waals surface area contributed by atoms with Crippen LogP contribution in [0.3, 0.4) is 0 Å². The number of amides is 1. The zero-order chi connectivity index (χ0) is 19.1. The quantitative estimate of drug-likeness (QED) is 0.642. The van der Waals surface area contributed by atoms with E-state index in [0.717, 1.165) is 26.0 Å².